The molecule has 1 aromatic carbocycles. The third-order valence-corrected chi connectivity index (χ3v) is 3.10. The van der Waals surface area contributed by atoms with Crippen LogP contribution in [-0.4, -0.2) is 31.2 Å². The molecule has 1 aromatic rings. The van der Waals surface area contributed by atoms with Crippen LogP contribution < -0.4 is 0 Å². The Bertz CT molecular complexity index is 315. The van der Waals surface area contributed by atoms with Crippen LogP contribution in [0.15, 0.2) is 28.7 Å². The fourth-order valence-corrected chi connectivity index (χ4v) is 1.85. The lowest BCUT2D eigenvalue weighted by molar-refractivity contribution is 0.0627. The highest BCUT2D eigenvalue weighted by Crippen LogP contribution is 2.16. The van der Waals surface area contributed by atoms with E-state index in [-0.39, 0.29) is 0 Å². The number of nitrogens with zero attached hydrogens (tertiary/aromatic N) is 1. The van der Waals surface area contributed by atoms with E-state index in [0.717, 1.165) is 19.7 Å². The van der Waals surface area contributed by atoms with Crippen molar-refractivity contribution in [3.63, 3.8) is 0 Å². The molecule has 0 fully saturated rings. The minimum Gasteiger partial charge on any atom is -0.377 e. The second kappa shape index (κ2) is 7.05. The van der Waals surface area contributed by atoms with Crippen LogP contribution in [0.25, 0.3) is 0 Å². The summed E-state index contributed by atoms with van der Waals surface area (Å²) in [5.74, 6) is 0. The number of hydrogen-bond acceptors (Lipinski definition) is 2. The lowest BCUT2D eigenvalue weighted by Crippen LogP contribution is -2.24. The van der Waals surface area contributed by atoms with Gasteiger partial charge in [-0.05, 0) is 32.5 Å². The summed E-state index contributed by atoms with van der Waals surface area (Å²) >= 11 is 3.56. The molecule has 0 amide bonds. The Morgan fingerprint density at radius 1 is 1.31 bits per heavy atom. The van der Waals surface area contributed by atoms with Gasteiger partial charge < -0.3 is 4.74 Å². The molecular formula is C13H20BrNO. The summed E-state index contributed by atoms with van der Waals surface area (Å²) in [6.07, 6.45) is 0.317. The number of benzene rings is 1. The van der Waals surface area contributed by atoms with E-state index in [2.05, 4.69) is 59.9 Å². The predicted octanol–water partition coefficient (Wildman–Crippen LogP) is 3.31. The molecule has 90 valence electrons. The number of likely N-dealkylation sites (N-methyl/N-ethyl adjacent to an activating group) is 1. The van der Waals surface area contributed by atoms with E-state index in [9.17, 15) is 0 Å². The monoisotopic (exact) mass is 285 g/mol. The second-order valence-electron chi connectivity index (χ2n) is 4.25. The number of ether oxygens (including phenoxy) is 1. The largest absolute Gasteiger partial charge is 0.377 e. The van der Waals surface area contributed by atoms with Gasteiger partial charge in [0.15, 0.2) is 0 Å². The normalized spacial score (nSPS) is 11.4. The van der Waals surface area contributed by atoms with Gasteiger partial charge in [-0.15, -0.1) is 0 Å². The second-order valence-corrected chi connectivity index (χ2v) is 5.10. The summed E-state index contributed by atoms with van der Waals surface area (Å²) in [7, 11) is 2.11. The summed E-state index contributed by atoms with van der Waals surface area (Å²) in [4.78, 5) is 2.27. The number of halogens is 1. The van der Waals surface area contributed by atoms with Gasteiger partial charge in [0.2, 0.25) is 0 Å². The van der Waals surface area contributed by atoms with Gasteiger partial charge in [0, 0.05) is 17.6 Å². The van der Waals surface area contributed by atoms with Gasteiger partial charge in [-0.1, -0.05) is 34.1 Å². The van der Waals surface area contributed by atoms with Crippen molar-refractivity contribution in [3.8, 4) is 0 Å². The molecule has 0 unspecified atom stereocenters. The van der Waals surface area contributed by atoms with Crippen LogP contribution in [0.2, 0.25) is 0 Å². The highest BCUT2D eigenvalue weighted by atomic mass is 79.9. The molecule has 0 N–H and O–H groups in total. The van der Waals surface area contributed by atoms with Gasteiger partial charge in [-0.2, -0.15) is 0 Å². The molecule has 0 atom stereocenters. The van der Waals surface area contributed by atoms with Crippen LogP contribution in [0.4, 0.5) is 0 Å². The summed E-state index contributed by atoms with van der Waals surface area (Å²) in [5.41, 5.74) is 1.31. The molecule has 0 aliphatic rings. The fraction of sp³-hybridized carbons (Fsp3) is 0.538. The van der Waals surface area contributed by atoms with E-state index in [1.54, 1.807) is 0 Å². The van der Waals surface area contributed by atoms with E-state index >= 15 is 0 Å². The van der Waals surface area contributed by atoms with Crippen molar-refractivity contribution >= 4 is 15.9 Å². The average molecular weight is 286 g/mol. The Morgan fingerprint density at radius 2 is 2.00 bits per heavy atom. The Hall–Kier alpha value is -0.380. The van der Waals surface area contributed by atoms with Crippen molar-refractivity contribution in [2.45, 2.75) is 26.5 Å². The Labute approximate surface area is 107 Å². The fourth-order valence-electron chi connectivity index (χ4n) is 1.44. The number of hydrogen-bond donors (Lipinski definition) is 0. The third kappa shape index (κ3) is 5.10. The summed E-state index contributed by atoms with van der Waals surface area (Å²) in [6, 6.07) is 8.33. The van der Waals surface area contributed by atoms with Crippen LogP contribution in [0.5, 0.6) is 0 Å². The van der Waals surface area contributed by atoms with Crippen LogP contribution in [0.1, 0.15) is 19.4 Å². The van der Waals surface area contributed by atoms with Crippen LogP contribution >= 0.6 is 15.9 Å². The van der Waals surface area contributed by atoms with Crippen molar-refractivity contribution < 1.29 is 4.74 Å². The molecule has 0 radical (unpaired) electrons. The van der Waals surface area contributed by atoms with Crippen molar-refractivity contribution in [1.29, 1.82) is 0 Å². The van der Waals surface area contributed by atoms with Crippen molar-refractivity contribution in [1.82, 2.24) is 4.90 Å². The zero-order valence-electron chi connectivity index (χ0n) is 10.2. The number of rotatable bonds is 6. The first kappa shape index (κ1) is 13.7. The molecule has 0 heterocycles. The maximum atomic E-state index is 5.53. The smallest absolute Gasteiger partial charge is 0.0596 e. The van der Waals surface area contributed by atoms with Crippen LogP contribution in [0.3, 0.4) is 0 Å². The third-order valence-electron chi connectivity index (χ3n) is 2.32. The van der Waals surface area contributed by atoms with Gasteiger partial charge in [0.25, 0.3) is 0 Å². The van der Waals surface area contributed by atoms with E-state index in [4.69, 9.17) is 4.74 Å². The molecule has 0 aromatic heterocycles. The quantitative estimate of drug-likeness (QED) is 0.795. The minimum atomic E-state index is 0.317. The van der Waals surface area contributed by atoms with E-state index in [1.165, 1.54) is 10.0 Å². The van der Waals surface area contributed by atoms with E-state index < -0.39 is 0 Å². The SMILES string of the molecule is CC(C)OCCN(C)Cc1ccccc1Br. The highest BCUT2D eigenvalue weighted by molar-refractivity contribution is 9.10. The summed E-state index contributed by atoms with van der Waals surface area (Å²) < 4.78 is 6.70. The highest BCUT2D eigenvalue weighted by Gasteiger charge is 2.03. The predicted molar refractivity (Wildman–Crippen MR) is 71.6 cm³/mol. The molecule has 2 nitrogen and oxygen atoms in total. The first-order valence-corrected chi connectivity index (χ1v) is 6.42. The minimum absolute atomic E-state index is 0.317. The Kier molecular flexibility index (Phi) is 6.03. The summed E-state index contributed by atoms with van der Waals surface area (Å²) in [5, 5.41) is 0. The molecular weight excluding hydrogens is 266 g/mol. The molecule has 0 bridgehead atoms. The first-order chi connectivity index (χ1) is 7.59. The molecule has 0 saturated heterocycles. The van der Waals surface area contributed by atoms with Gasteiger partial charge in [0.05, 0.1) is 12.7 Å². The molecule has 1 rings (SSSR count). The average Bonchev–Trinajstić information content (AvgIpc) is 2.21. The topological polar surface area (TPSA) is 12.5 Å². The van der Waals surface area contributed by atoms with E-state index in [1.807, 2.05) is 6.07 Å². The molecule has 3 heteroatoms. The van der Waals surface area contributed by atoms with Gasteiger partial charge >= 0.3 is 0 Å². The molecule has 16 heavy (non-hydrogen) atoms. The molecule has 0 aliphatic heterocycles. The standard InChI is InChI=1S/C13H20BrNO/c1-11(2)16-9-8-15(3)10-12-6-4-5-7-13(12)14/h4-7,11H,8-10H2,1-3H3. The summed E-state index contributed by atoms with van der Waals surface area (Å²) in [6.45, 7) is 6.82. The lowest BCUT2D eigenvalue weighted by atomic mass is 10.2. The van der Waals surface area contributed by atoms with Crippen molar-refractivity contribution in [3.05, 3.63) is 34.3 Å². The van der Waals surface area contributed by atoms with Crippen LogP contribution in [0, 0.1) is 0 Å². The zero-order chi connectivity index (χ0) is 12.0. The Morgan fingerprint density at radius 3 is 2.62 bits per heavy atom. The maximum absolute atomic E-state index is 5.53. The van der Waals surface area contributed by atoms with Crippen molar-refractivity contribution in [2.24, 2.45) is 0 Å². The van der Waals surface area contributed by atoms with Gasteiger partial charge in [-0.3, -0.25) is 4.90 Å². The maximum Gasteiger partial charge on any atom is 0.0596 e. The Balaban J connectivity index is 2.34. The van der Waals surface area contributed by atoms with Gasteiger partial charge in [0.1, 0.15) is 0 Å². The van der Waals surface area contributed by atoms with Crippen LogP contribution in [-0.2, 0) is 11.3 Å². The molecule has 0 aliphatic carbocycles. The van der Waals surface area contributed by atoms with Gasteiger partial charge in [-0.25, -0.2) is 0 Å². The van der Waals surface area contributed by atoms with E-state index in [0.29, 0.717) is 6.10 Å². The zero-order valence-corrected chi connectivity index (χ0v) is 11.8. The lowest BCUT2D eigenvalue weighted by Gasteiger charge is -2.18. The van der Waals surface area contributed by atoms with Crippen molar-refractivity contribution in [2.75, 3.05) is 20.2 Å². The molecule has 0 spiro atoms. The first-order valence-electron chi connectivity index (χ1n) is 5.63. The molecule has 0 saturated carbocycles.